The summed E-state index contributed by atoms with van der Waals surface area (Å²) in [6.07, 6.45) is 6.22. The van der Waals surface area contributed by atoms with Crippen molar-refractivity contribution in [2.24, 2.45) is 0 Å². The van der Waals surface area contributed by atoms with Crippen molar-refractivity contribution in [1.82, 2.24) is 15.3 Å². The van der Waals surface area contributed by atoms with E-state index in [1.807, 2.05) is 12.1 Å². The lowest BCUT2D eigenvalue weighted by Gasteiger charge is -2.11. The monoisotopic (exact) mass is 361 g/mol. The minimum atomic E-state index is -0.180. The van der Waals surface area contributed by atoms with Gasteiger partial charge in [0.25, 0.3) is 0 Å². The SMILES string of the molecule is COC(=O)CCc1ccccc1CNCc1ccc(-c2cnccn2)cc1. The van der Waals surface area contributed by atoms with E-state index >= 15 is 0 Å². The Morgan fingerprint density at radius 3 is 2.48 bits per heavy atom. The fourth-order valence-corrected chi connectivity index (χ4v) is 2.90. The highest BCUT2D eigenvalue weighted by Crippen LogP contribution is 2.16. The number of nitrogens with one attached hydrogen (secondary N) is 1. The molecule has 3 aromatic rings. The number of rotatable bonds is 8. The van der Waals surface area contributed by atoms with Gasteiger partial charge >= 0.3 is 5.97 Å². The average Bonchev–Trinajstić information content (AvgIpc) is 2.74. The summed E-state index contributed by atoms with van der Waals surface area (Å²) < 4.78 is 4.73. The third kappa shape index (κ3) is 5.46. The molecule has 27 heavy (non-hydrogen) atoms. The Kier molecular flexibility index (Phi) is 6.66. The number of nitrogens with zero attached hydrogens (tertiary/aromatic N) is 2. The van der Waals surface area contributed by atoms with E-state index < -0.39 is 0 Å². The lowest BCUT2D eigenvalue weighted by Crippen LogP contribution is -2.14. The van der Waals surface area contributed by atoms with Crippen LogP contribution in [0.5, 0.6) is 0 Å². The van der Waals surface area contributed by atoms with E-state index in [9.17, 15) is 4.79 Å². The smallest absolute Gasteiger partial charge is 0.305 e. The number of ether oxygens (including phenoxy) is 1. The van der Waals surface area contributed by atoms with Crippen molar-refractivity contribution in [1.29, 1.82) is 0 Å². The minimum Gasteiger partial charge on any atom is -0.469 e. The molecule has 1 aromatic heterocycles. The quantitative estimate of drug-likeness (QED) is 0.622. The molecular weight excluding hydrogens is 338 g/mol. The first-order chi connectivity index (χ1) is 13.3. The van der Waals surface area contributed by atoms with Gasteiger partial charge in [-0.05, 0) is 23.1 Å². The van der Waals surface area contributed by atoms with Gasteiger partial charge in [0, 0.05) is 37.5 Å². The molecule has 0 aliphatic heterocycles. The van der Waals surface area contributed by atoms with Crippen LogP contribution in [0.4, 0.5) is 0 Å². The summed E-state index contributed by atoms with van der Waals surface area (Å²) in [5.74, 6) is -0.180. The summed E-state index contributed by atoms with van der Waals surface area (Å²) >= 11 is 0. The second kappa shape index (κ2) is 9.59. The average molecular weight is 361 g/mol. The van der Waals surface area contributed by atoms with Crippen LogP contribution in [0.2, 0.25) is 0 Å². The van der Waals surface area contributed by atoms with E-state index in [2.05, 4.69) is 51.7 Å². The van der Waals surface area contributed by atoms with Gasteiger partial charge in [-0.25, -0.2) is 0 Å². The zero-order chi connectivity index (χ0) is 18.9. The largest absolute Gasteiger partial charge is 0.469 e. The molecule has 2 aromatic carbocycles. The highest BCUT2D eigenvalue weighted by atomic mass is 16.5. The topological polar surface area (TPSA) is 64.1 Å². The van der Waals surface area contributed by atoms with Gasteiger partial charge in [0.05, 0.1) is 19.0 Å². The van der Waals surface area contributed by atoms with Gasteiger partial charge < -0.3 is 10.1 Å². The van der Waals surface area contributed by atoms with Crippen LogP contribution in [0.25, 0.3) is 11.3 Å². The second-order valence-electron chi connectivity index (χ2n) is 6.24. The molecule has 0 aliphatic rings. The van der Waals surface area contributed by atoms with Crippen molar-refractivity contribution in [2.75, 3.05) is 7.11 Å². The van der Waals surface area contributed by atoms with E-state index in [0.29, 0.717) is 12.8 Å². The number of benzene rings is 2. The molecule has 1 N–H and O–H groups in total. The summed E-state index contributed by atoms with van der Waals surface area (Å²) in [6, 6.07) is 16.5. The van der Waals surface area contributed by atoms with Gasteiger partial charge in [0.2, 0.25) is 0 Å². The number of aromatic nitrogens is 2. The van der Waals surface area contributed by atoms with Gasteiger partial charge in [0.1, 0.15) is 0 Å². The predicted octanol–water partition coefficient (Wildman–Crippen LogP) is 3.54. The lowest BCUT2D eigenvalue weighted by molar-refractivity contribution is -0.140. The first-order valence-corrected chi connectivity index (χ1v) is 8.96. The lowest BCUT2D eigenvalue weighted by atomic mass is 10.0. The number of aryl methyl sites for hydroxylation is 1. The molecule has 0 saturated carbocycles. The van der Waals surface area contributed by atoms with Gasteiger partial charge in [-0.3, -0.25) is 14.8 Å². The summed E-state index contributed by atoms with van der Waals surface area (Å²) in [5.41, 5.74) is 5.51. The highest BCUT2D eigenvalue weighted by Gasteiger charge is 2.06. The first-order valence-electron chi connectivity index (χ1n) is 8.96. The fraction of sp³-hybridized carbons (Fsp3) is 0.227. The maximum atomic E-state index is 11.4. The second-order valence-corrected chi connectivity index (χ2v) is 6.24. The van der Waals surface area contributed by atoms with E-state index in [0.717, 1.165) is 24.3 Å². The predicted molar refractivity (Wildman–Crippen MR) is 105 cm³/mol. The first kappa shape index (κ1) is 18.7. The molecule has 0 saturated heterocycles. The Hall–Kier alpha value is -3.05. The summed E-state index contributed by atoms with van der Waals surface area (Å²) in [7, 11) is 1.42. The maximum absolute atomic E-state index is 11.4. The van der Waals surface area contributed by atoms with Crippen molar-refractivity contribution < 1.29 is 9.53 Å². The molecule has 0 atom stereocenters. The molecule has 0 aliphatic carbocycles. The van der Waals surface area contributed by atoms with Crippen molar-refractivity contribution in [3.63, 3.8) is 0 Å². The third-order valence-electron chi connectivity index (χ3n) is 4.40. The van der Waals surface area contributed by atoms with E-state index in [1.54, 1.807) is 18.6 Å². The molecular formula is C22H23N3O2. The molecule has 0 amide bonds. The van der Waals surface area contributed by atoms with Crippen LogP contribution in [-0.2, 0) is 29.0 Å². The fourth-order valence-electron chi connectivity index (χ4n) is 2.90. The Morgan fingerprint density at radius 1 is 1.00 bits per heavy atom. The van der Waals surface area contributed by atoms with Crippen molar-refractivity contribution >= 4 is 5.97 Å². The Balaban J connectivity index is 1.55. The number of esters is 1. The Morgan fingerprint density at radius 2 is 1.78 bits per heavy atom. The summed E-state index contributed by atoms with van der Waals surface area (Å²) in [6.45, 7) is 1.52. The molecule has 3 rings (SSSR count). The van der Waals surface area contributed by atoms with Gasteiger partial charge in [-0.15, -0.1) is 0 Å². The Bertz CT molecular complexity index is 864. The maximum Gasteiger partial charge on any atom is 0.305 e. The molecule has 0 bridgehead atoms. The van der Waals surface area contributed by atoms with Gasteiger partial charge in [-0.2, -0.15) is 0 Å². The molecule has 0 fully saturated rings. The molecule has 5 nitrogen and oxygen atoms in total. The number of hydrogen-bond donors (Lipinski definition) is 1. The normalized spacial score (nSPS) is 10.6. The number of methoxy groups -OCH3 is 1. The van der Waals surface area contributed by atoms with E-state index in [-0.39, 0.29) is 5.97 Å². The molecule has 138 valence electrons. The third-order valence-corrected chi connectivity index (χ3v) is 4.40. The van der Waals surface area contributed by atoms with Gasteiger partial charge in [-0.1, -0.05) is 48.5 Å². The van der Waals surface area contributed by atoms with Crippen LogP contribution in [0.3, 0.4) is 0 Å². The molecule has 0 radical (unpaired) electrons. The van der Waals surface area contributed by atoms with Gasteiger partial charge in [0.15, 0.2) is 0 Å². The summed E-state index contributed by atoms with van der Waals surface area (Å²) in [5, 5.41) is 3.48. The zero-order valence-corrected chi connectivity index (χ0v) is 15.4. The van der Waals surface area contributed by atoms with E-state index in [4.69, 9.17) is 4.74 Å². The standard InChI is InChI=1S/C22H23N3O2/c1-27-22(26)11-10-18-4-2-3-5-20(18)15-24-14-17-6-8-19(9-7-17)21-16-23-12-13-25-21/h2-9,12-13,16,24H,10-11,14-15H2,1H3. The summed E-state index contributed by atoms with van der Waals surface area (Å²) in [4.78, 5) is 19.8. The Labute approximate surface area is 159 Å². The number of hydrogen-bond acceptors (Lipinski definition) is 5. The molecule has 0 spiro atoms. The van der Waals surface area contributed by atoms with Crippen molar-refractivity contribution in [2.45, 2.75) is 25.9 Å². The molecule has 0 unspecified atom stereocenters. The zero-order valence-electron chi connectivity index (χ0n) is 15.4. The van der Waals surface area contributed by atoms with E-state index in [1.165, 1.54) is 23.8 Å². The number of carbonyl (C=O) groups excluding carboxylic acids is 1. The van der Waals surface area contributed by atoms with Crippen LogP contribution < -0.4 is 5.32 Å². The van der Waals surface area contributed by atoms with Crippen molar-refractivity contribution in [3.05, 3.63) is 83.8 Å². The van der Waals surface area contributed by atoms with Crippen molar-refractivity contribution in [3.8, 4) is 11.3 Å². The van der Waals surface area contributed by atoms with Crippen LogP contribution in [0.1, 0.15) is 23.1 Å². The van der Waals surface area contributed by atoms with Crippen LogP contribution in [0, 0.1) is 0 Å². The van der Waals surface area contributed by atoms with Crippen LogP contribution in [0.15, 0.2) is 67.1 Å². The van der Waals surface area contributed by atoms with Crippen LogP contribution in [-0.4, -0.2) is 23.0 Å². The minimum absolute atomic E-state index is 0.180. The molecule has 1 heterocycles. The number of carbonyl (C=O) groups is 1. The highest BCUT2D eigenvalue weighted by molar-refractivity contribution is 5.69. The van der Waals surface area contributed by atoms with Crippen LogP contribution >= 0.6 is 0 Å². The molecule has 5 heteroatoms.